The summed E-state index contributed by atoms with van der Waals surface area (Å²) >= 11 is 3.46. The van der Waals surface area contributed by atoms with Crippen molar-refractivity contribution >= 4 is 21.6 Å². The van der Waals surface area contributed by atoms with Gasteiger partial charge >= 0.3 is 0 Å². The minimum atomic E-state index is 0.700. The van der Waals surface area contributed by atoms with E-state index in [1.54, 1.807) is 0 Å². The van der Waals surface area contributed by atoms with Crippen LogP contribution in [0, 0.1) is 0 Å². The summed E-state index contributed by atoms with van der Waals surface area (Å²) in [5, 5.41) is 0. The molecule has 18 heavy (non-hydrogen) atoms. The van der Waals surface area contributed by atoms with E-state index in [-0.39, 0.29) is 0 Å². The monoisotopic (exact) mass is 313 g/mol. The number of nitrogens with two attached hydrogens (primary N) is 1. The van der Waals surface area contributed by atoms with Gasteiger partial charge in [0.25, 0.3) is 0 Å². The molecule has 0 aliphatic carbocycles. The van der Waals surface area contributed by atoms with Gasteiger partial charge in [-0.3, -0.25) is 4.90 Å². The van der Waals surface area contributed by atoms with Crippen LogP contribution < -0.4 is 10.5 Å². The van der Waals surface area contributed by atoms with Gasteiger partial charge in [0, 0.05) is 44.5 Å². The van der Waals surface area contributed by atoms with Gasteiger partial charge < -0.3 is 15.4 Å². The predicted molar refractivity (Wildman–Crippen MR) is 78.0 cm³/mol. The Balaban J connectivity index is 1.76. The first-order chi connectivity index (χ1) is 8.65. The molecule has 0 saturated carbocycles. The van der Waals surface area contributed by atoms with E-state index in [9.17, 15) is 0 Å². The third kappa shape index (κ3) is 3.86. The summed E-state index contributed by atoms with van der Waals surface area (Å²) in [6, 6.07) is 5.63. The molecule has 1 aromatic carbocycles. The second kappa shape index (κ2) is 6.41. The van der Waals surface area contributed by atoms with Crippen LogP contribution in [0.4, 0.5) is 5.69 Å². The van der Waals surface area contributed by atoms with Crippen LogP contribution in [0.25, 0.3) is 0 Å². The van der Waals surface area contributed by atoms with Crippen LogP contribution >= 0.6 is 15.9 Å². The number of hydrogen-bond acceptors (Lipinski definition) is 4. The van der Waals surface area contributed by atoms with Crippen LogP contribution in [0.5, 0.6) is 5.75 Å². The Labute approximate surface area is 117 Å². The van der Waals surface area contributed by atoms with E-state index >= 15 is 0 Å². The Morgan fingerprint density at radius 3 is 2.72 bits per heavy atom. The van der Waals surface area contributed by atoms with Crippen molar-refractivity contribution in [3.63, 3.8) is 0 Å². The van der Waals surface area contributed by atoms with Gasteiger partial charge in [0.15, 0.2) is 0 Å². The zero-order valence-electron chi connectivity index (χ0n) is 10.7. The van der Waals surface area contributed by atoms with Gasteiger partial charge in [-0.15, -0.1) is 0 Å². The van der Waals surface area contributed by atoms with Crippen molar-refractivity contribution in [2.24, 2.45) is 0 Å². The van der Waals surface area contributed by atoms with E-state index in [0.29, 0.717) is 6.61 Å². The number of hydrogen-bond donors (Lipinski definition) is 1. The molecule has 0 atom stereocenters. The molecule has 0 radical (unpaired) electrons. The smallest absolute Gasteiger partial charge is 0.135 e. The molecule has 0 amide bonds. The van der Waals surface area contributed by atoms with Crippen molar-refractivity contribution in [1.29, 1.82) is 0 Å². The van der Waals surface area contributed by atoms with E-state index in [4.69, 9.17) is 10.5 Å². The molecule has 0 bridgehead atoms. The van der Waals surface area contributed by atoms with Crippen molar-refractivity contribution < 1.29 is 4.74 Å². The Bertz CT molecular complexity index is 392. The Hall–Kier alpha value is -0.780. The van der Waals surface area contributed by atoms with E-state index in [0.717, 1.165) is 48.6 Å². The highest BCUT2D eigenvalue weighted by molar-refractivity contribution is 9.10. The fourth-order valence-corrected chi connectivity index (χ4v) is 2.35. The van der Waals surface area contributed by atoms with Crippen molar-refractivity contribution in [3.8, 4) is 5.75 Å². The summed E-state index contributed by atoms with van der Waals surface area (Å²) in [7, 11) is 2.16. The van der Waals surface area contributed by atoms with Crippen LogP contribution in [0.1, 0.15) is 0 Å². The van der Waals surface area contributed by atoms with Gasteiger partial charge in [-0.2, -0.15) is 0 Å². The maximum atomic E-state index is 5.77. The van der Waals surface area contributed by atoms with Gasteiger partial charge in [0.05, 0.1) is 4.47 Å². The number of halogens is 1. The largest absolute Gasteiger partial charge is 0.491 e. The molecule has 4 nitrogen and oxygen atoms in total. The fourth-order valence-electron chi connectivity index (χ4n) is 1.99. The number of nitrogens with zero attached hydrogens (tertiary/aromatic N) is 2. The number of rotatable bonds is 4. The minimum absolute atomic E-state index is 0.700. The molecule has 1 saturated heterocycles. The normalized spacial score (nSPS) is 17.9. The molecular formula is C13H20BrN3O. The summed E-state index contributed by atoms with van der Waals surface area (Å²) in [6.07, 6.45) is 0. The number of likely N-dealkylation sites (N-methyl/N-ethyl adjacent to an activating group) is 1. The molecule has 1 aliphatic rings. The second-order valence-corrected chi connectivity index (χ2v) is 5.54. The first kappa shape index (κ1) is 13.6. The lowest BCUT2D eigenvalue weighted by Gasteiger charge is -2.32. The molecule has 2 rings (SSSR count). The lowest BCUT2D eigenvalue weighted by molar-refractivity contribution is 0.133. The molecule has 1 heterocycles. The molecule has 1 aromatic rings. The van der Waals surface area contributed by atoms with E-state index < -0.39 is 0 Å². The summed E-state index contributed by atoms with van der Waals surface area (Å²) in [5.74, 6) is 0.823. The molecule has 2 N–H and O–H groups in total. The van der Waals surface area contributed by atoms with E-state index in [1.165, 1.54) is 0 Å². The lowest BCUT2D eigenvalue weighted by atomic mass is 10.3. The Kier molecular flexibility index (Phi) is 4.86. The molecule has 100 valence electrons. The standard InChI is InChI=1S/C13H20BrN3O/c1-16-4-6-17(7-5-16)8-9-18-13-10-11(15)2-3-12(13)14/h2-3,10H,4-9,15H2,1H3. The highest BCUT2D eigenvalue weighted by atomic mass is 79.9. The van der Waals surface area contributed by atoms with Crippen LogP contribution in [0.3, 0.4) is 0 Å². The Morgan fingerprint density at radius 2 is 2.00 bits per heavy atom. The third-order valence-corrected chi connectivity index (χ3v) is 3.87. The molecule has 5 heteroatoms. The number of benzene rings is 1. The average molecular weight is 314 g/mol. The predicted octanol–water partition coefficient (Wildman–Crippen LogP) is 1.66. The molecule has 0 aromatic heterocycles. The van der Waals surface area contributed by atoms with Gasteiger partial charge in [-0.25, -0.2) is 0 Å². The number of ether oxygens (including phenoxy) is 1. The molecule has 0 spiro atoms. The van der Waals surface area contributed by atoms with E-state index in [2.05, 4.69) is 32.8 Å². The van der Waals surface area contributed by atoms with Gasteiger partial charge in [0.2, 0.25) is 0 Å². The van der Waals surface area contributed by atoms with Crippen LogP contribution in [-0.2, 0) is 0 Å². The summed E-state index contributed by atoms with van der Waals surface area (Å²) in [5.41, 5.74) is 6.47. The summed E-state index contributed by atoms with van der Waals surface area (Å²) < 4.78 is 6.72. The molecule has 1 fully saturated rings. The molecule has 0 unspecified atom stereocenters. The maximum absolute atomic E-state index is 5.77. The highest BCUT2D eigenvalue weighted by Gasteiger charge is 2.13. The fraction of sp³-hybridized carbons (Fsp3) is 0.538. The zero-order valence-corrected chi connectivity index (χ0v) is 12.3. The van der Waals surface area contributed by atoms with Crippen molar-refractivity contribution in [2.45, 2.75) is 0 Å². The number of piperazine rings is 1. The second-order valence-electron chi connectivity index (χ2n) is 4.68. The third-order valence-electron chi connectivity index (χ3n) is 3.22. The zero-order chi connectivity index (χ0) is 13.0. The van der Waals surface area contributed by atoms with Crippen LogP contribution in [0.2, 0.25) is 0 Å². The topological polar surface area (TPSA) is 41.7 Å². The molecular weight excluding hydrogens is 294 g/mol. The van der Waals surface area contributed by atoms with Gasteiger partial charge in [0.1, 0.15) is 12.4 Å². The van der Waals surface area contributed by atoms with Gasteiger partial charge in [-0.05, 0) is 35.1 Å². The SMILES string of the molecule is CN1CCN(CCOc2cc(N)ccc2Br)CC1. The summed E-state index contributed by atoms with van der Waals surface area (Å²) in [6.45, 7) is 6.20. The molecule has 1 aliphatic heterocycles. The highest BCUT2D eigenvalue weighted by Crippen LogP contribution is 2.26. The van der Waals surface area contributed by atoms with E-state index in [1.807, 2.05) is 18.2 Å². The first-order valence-corrected chi connectivity index (χ1v) is 7.03. The maximum Gasteiger partial charge on any atom is 0.135 e. The quantitative estimate of drug-likeness (QED) is 0.858. The van der Waals surface area contributed by atoms with Crippen molar-refractivity contribution in [3.05, 3.63) is 22.7 Å². The lowest BCUT2D eigenvalue weighted by Crippen LogP contribution is -2.45. The number of anilines is 1. The van der Waals surface area contributed by atoms with Gasteiger partial charge in [-0.1, -0.05) is 0 Å². The Morgan fingerprint density at radius 1 is 1.28 bits per heavy atom. The van der Waals surface area contributed by atoms with Crippen molar-refractivity contribution in [2.75, 3.05) is 52.1 Å². The number of nitrogen functional groups attached to an aromatic ring is 1. The van der Waals surface area contributed by atoms with Crippen LogP contribution in [-0.4, -0.2) is 56.2 Å². The van der Waals surface area contributed by atoms with Crippen LogP contribution in [0.15, 0.2) is 22.7 Å². The summed E-state index contributed by atoms with van der Waals surface area (Å²) in [4.78, 5) is 4.78. The first-order valence-electron chi connectivity index (χ1n) is 6.24. The van der Waals surface area contributed by atoms with Crippen molar-refractivity contribution in [1.82, 2.24) is 9.80 Å². The minimum Gasteiger partial charge on any atom is -0.491 e. The average Bonchev–Trinajstić information content (AvgIpc) is 2.36.